The van der Waals surface area contributed by atoms with Gasteiger partial charge in [-0.1, -0.05) is 76.5 Å². The number of hydrogen-bond donors (Lipinski definition) is 1. The van der Waals surface area contributed by atoms with E-state index in [2.05, 4.69) is 10.3 Å². The van der Waals surface area contributed by atoms with Gasteiger partial charge >= 0.3 is 6.18 Å². The van der Waals surface area contributed by atoms with Crippen LogP contribution in [-0.4, -0.2) is 11.5 Å². The van der Waals surface area contributed by atoms with Gasteiger partial charge in [0.25, 0.3) is 0 Å². The van der Waals surface area contributed by atoms with Crippen molar-refractivity contribution in [1.82, 2.24) is 4.98 Å². The van der Waals surface area contributed by atoms with Crippen LogP contribution >= 0.6 is 46.1 Å². The van der Waals surface area contributed by atoms with Gasteiger partial charge in [0.05, 0.1) is 15.7 Å². The average Bonchev–Trinajstić information content (AvgIpc) is 3.08. The monoisotopic (exact) mass is 479 g/mol. The Labute approximate surface area is 185 Å². The van der Waals surface area contributed by atoms with Gasteiger partial charge in [-0.05, 0) is 24.6 Å². The van der Waals surface area contributed by atoms with E-state index in [1.54, 1.807) is 11.8 Å². The van der Waals surface area contributed by atoms with Gasteiger partial charge in [0.1, 0.15) is 5.00 Å². The summed E-state index contributed by atoms with van der Waals surface area (Å²) < 4.78 is 41.0. The molecule has 3 rings (SSSR count). The minimum atomic E-state index is -4.61. The van der Waals surface area contributed by atoms with E-state index >= 15 is 0 Å². The molecule has 0 saturated heterocycles. The molecule has 0 aliphatic carbocycles. The third kappa shape index (κ3) is 5.28. The lowest BCUT2D eigenvalue weighted by Crippen LogP contribution is -2.24. The second kappa shape index (κ2) is 9.00. The van der Waals surface area contributed by atoms with Crippen LogP contribution in [0.15, 0.2) is 42.5 Å². The maximum atomic E-state index is 13.7. The zero-order chi connectivity index (χ0) is 21.2. The number of rotatable bonds is 6. The van der Waals surface area contributed by atoms with Gasteiger partial charge in [0, 0.05) is 18.1 Å². The fourth-order valence-electron chi connectivity index (χ4n) is 2.66. The topological polar surface area (TPSA) is 28.2 Å². The van der Waals surface area contributed by atoms with Crippen LogP contribution in [0, 0.1) is 0 Å². The SMILES string of the molecule is CCN(Cc1ccccc1)c1sc(Nc2c(Cl)cc(Cl)cc2Cl)nc1C(F)(F)F. The Hall–Kier alpha value is -1.67. The molecule has 1 N–H and O–H groups in total. The van der Waals surface area contributed by atoms with E-state index < -0.39 is 11.9 Å². The van der Waals surface area contributed by atoms with Crippen molar-refractivity contribution >= 4 is 62.0 Å². The first kappa shape index (κ1) is 22.0. The van der Waals surface area contributed by atoms with Crippen molar-refractivity contribution in [1.29, 1.82) is 0 Å². The van der Waals surface area contributed by atoms with E-state index in [-0.39, 0.29) is 25.9 Å². The third-order valence-corrected chi connectivity index (χ3v) is 5.85. The van der Waals surface area contributed by atoms with E-state index in [4.69, 9.17) is 34.8 Å². The summed E-state index contributed by atoms with van der Waals surface area (Å²) in [6, 6.07) is 12.2. The number of benzene rings is 2. The van der Waals surface area contributed by atoms with Crippen molar-refractivity contribution in [3.05, 3.63) is 68.8 Å². The molecule has 0 saturated carbocycles. The number of hydrogen-bond acceptors (Lipinski definition) is 4. The maximum Gasteiger partial charge on any atom is 0.436 e. The molecule has 29 heavy (non-hydrogen) atoms. The molecule has 0 radical (unpaired) electrons. The van der Waals surface area contributed by atoms with Crippen molar-refractivity contribution in [3.8, 4) is 0 Å². The first-order valence-corrected chi connectivity index (χ1v) is 10.4. The molecule has 0 unspecified atom stereocenters. The van der Waals surface area contributed by atoms with Crippen LogP contribution in [0.1, 0.15) is 18.2 Å². The lowest BCUT2D eigenvalue weighted by atomic mass is 10.2. The van der Waals surface area contributed by atoms with Crippen molar-refractivity contribution in [2.75, 3.05) is 16.8 Å². The van der Waals surface area contributed by atoms with Crippen LogP contribution in [0.3, 0.4) is 0 Å². The maximum absolute atomic E-state index is 13.7. The fraction of sp³-hybridized carbons (Fsp3) is 0.211. The number of alkyl halides is 3. The zero-order valence-corrected chi connectivity index (χ0v) is 18.1. The average molecular weight is 481 g/mol. The Morgan fingerprint density at radius 1 is 1.07 bits per heavy atom. The first-order chi connectivity index (χ1) is 13.7. The number of nitrogens with one attached hydrogen (secondary N) is 1. The van der Waals surface area contributed by atoms with Crippen LogP contribution in [0.25, 0.3) is 0 Å². The molecule has 0 aliphatic heterocycles. The Morgan fingerprint density at radius 2 is 1.69 bits per heavy atom. The lowest BCUT2D eigenvalue weighted by Gasteiger charge is -2.22. The fourth-order valence-corrected chi connectivity index (χ4v) is 4.63. The van der Waals surface area contributed by atoms with E-state index in [0.29, 0.717) is 18.1 Å². The molecule has 0 aliphatic rings. The Balaban J connectivity index is 1.98. The Kier molecular flexibility index (Phi) is 6.83. The molecule has 10 heteroatoms. The normalized spacial score (nSPS) is 11.6. The van der Waals surface area contributed by atoms with Crippen LogP contribution < -0.4 is 10.2 Å². The minimum absolute atomic E-state index is 0.0209. The van der Waals surface area contributed by atoms with Gasteiger partial charge in [-0.25, -0.2) is 4.98 Å². The number of nitrogens with zero attached hydrogens (tertiary/aromatic N) is 2. The first-order valence-electron chi connectivity index (χ1n) is 8.47. The van der Waals surface area contributed by atoms with Gasteiger partial charge < -0.3 is 10.2 Å². The highest BCUT2D eigenvalue weighted by Gasteiger charge is 2.39. The van der Waals surface area contributed by atoms with Crippen LogP contribution in [0.4, 0.5) is 29.0 Å². The quantitative estimate of drug-likeness (QED) is 0.389. The second-order valence-electron chi connectivity index (χ2n) is 6.04. The molecule has 1 heterocycles. The molecule has 0 atom stereocenters. The molecule has 0 bridgehead atoms. The number of anilines is 3. The molecule has 0 spiro atoms. The van der Waals surface area contributed by atoms with E-state index in [0.717, 1.165) is 16.9 Å². The summed E-state index contributed by atoms with van der Waals surface area (Å²) >= 11 is 19.0. The van der Waals surface area contributed by atoms with Gasteiger partial charge in [0.15, 0.2) is 10.8 Å². The highest BCUT2D eigenvalue weighted by molar-refractivity contribution is 7.19. The molecule has 3 aromatic rings. The summed E-state index contributed by atoms with van der Waals surface area (Å²) in [5.41, 5.74) is 0.191. The predicted molar refractivity (Wildman–Crippen MR) is 115 cm³/mol. The number of thiazole rings is 1. The molecule has 3 nitrogen and oxygen atoms in total. The van der Waals surface area contributed by atoms with E-state index in [1.165, 1.54) is 12.1 Å². The van der Waals surface area contributed by atoms with E-state index in [9.17, 15) is 13.2 Å². The highest BCUT2D eigenvalue weighted by atomic mass is 35.5. The van der Waals surface area contributed by atoms with Crippen LogP contribution in [0.2, 0.25) is 15.1 Å². The summed E-state index contributed by atoms with van der Waals surface area (Å²) in [7, 11) is 0. The number of aromatic nitrogens is 1. The predicted octanol–water partition coefficient (Wildman–Crippen LogP) is 7.89. The second-order valence-corrected chi connectivity index (χ2v) is 8.27. The lowest BCUT2D eigenvalue weighted by molar-refractivity contribution is -0.140. The van der Waals surface area contributed by atoms with Gasteiger partial charge in [-0.2, -0.15) is 13.2 Å². The zero-order valence-electron chi connectivity index (χ0n) is 15.0. The van der Waals surface area contributed by atoms with Crippen molar-refractivity contribution in [3.63, 3.8) is 0 Å². The summed E-state index contributed by atoms with van der Waals surface area (Å²) in [6.07, 6.45) is -4.61. The van der Waals surface area contributed by atoms with Crippen LogP contribution in [-0.2, 0) is 12.7 Å². The van der Waals surface area contributed by atoms with Gasteiger partial charge in [0.2, 0.25) is 0 Å². The van der Waals surface area contributed by atoms with Crippen molar-refractivity contribution in [2.45, 2.75) is 19.6 Å². The van der Waals surface area contributed by atoms with Crippen molar-refractivity contribution < 1.29 is 13.2 Å². The molecular weight excluding hydrogens is 466 g/mol. The number of halogens is 6. The molecule has 1 aromatic heterocycles. The summed E-state index contributed by atoms with van der Waals surface area (Å²) in [5.74, 6) is 0. The minimum Gasteiger partial charge on any atom is -0.358 e. The standard InChI is InChI=1S/C19H15Cl3F3N3S/c1-2-28(10-11-6-4-3-5-7-11)17-16(19(23,24)25)27-18(29-17)26-15-13(21)8-12(20)9-14(15)22/h3-9H,2,10H2,1H3,(H,26,27). The molecule has 154 valence electrons. The molecule has 2 aromatic carbocycles. The van der Waals surface area contributed by atoms with Crippen LogP contribution in [0.5, 0.6) is 0 Å². The molecule has 0 fully saturated rings. The molecule has 0 amide bonds. The largest absolute Gasteiger partial charge is 0.436 e. The summed E-state index contributed by atoms with van der Waals surface area (Å²) in [4.78, 5) is 5.41. The van der Waals surface area contributed by atoms with Gasteiger partial charge in [-0.15, -0.1) is 0 Å². The van der Waals surface area contributed by atoms with E-state index in [1.807, 2.05) is 30.3 Å². The summed E-state index contributed by atoms with van der Waals surface area (Å²) in [6.45, 7) is 2.50. The van der Waals surface area contributed by atoms with Gasteiger partial charge in [-0.3, -0.25) is 0 Å². The third-order valence-electron chi connectivity index (χ3n) is 4.00. The Bertz CT molecular complexity index is 970. The Morgan fingerprint density at radius 3 is 2.24 bits per heavy atom. The molecular formula is C19H15Cl3F3N3S. The smallest absolute Gasteiger partial charge is 0.358 e. The summed E-state index contributed by atoms with van der Waals surface area (Å²) in [5, 5.41) is 3.54. The van der Waals surface area contributed by atoms with Crippen molar-refractivity contribution in [2.24, 2.45) is 0 Å². The highest BCUT2D eigenvalue weighted by Crippen LogP contribution is 2.44.